The van der Waals surface area contributed by atoms with Gasteiger partial charge in [0.2, 0.25) is 0 Å². The third-order valence-corrected chi connectivity index (χ3v) is 2.17. The molecular formula is C11H10N2O3. The highest BCUT2D eigenvalue weighted by molar-refractivity contribution is 5.90. The largest absolute Gasteiger partial charge is 0.462 e. The van der Waals surface area contributed by atoms with Gasteiger partial charge in [0.1, 0.15) is 11.3 Å². The number of rotatable bonds is 3. The van der Waals surface area contributed by atoms with Crippen molar-refractivity contribution in [2.45, 2.75) is 6.92 Å². The van der Waals surface area contributed by atoms with Crippen LogP contribution in [-0.2, 0) is 4.74 Å². The summed E-state index contributed by atoms with van der Waals surface area (Å²) in [6, 6.07) is 3.19. The van der Waals surface area contributed by atoms with E-state index in [9.17, 15) is 9.59 Å². The van der Waals surface area contributed by atoms with Crippen LogP contribution in [0.15, 0.2) is 24.5 Å². The number of aromatic nitrogens is 2. The van der Waals surface area contributed by atoms with Crippen molar-refractivity contribution in [3.63, 3.8) is 0 Å². The average Bonchev–Trinajstić information content (AvgIpc) is 2.71. The fourth-order valence-corrected chi connectivity index (χ4v) is 1.43. The van der Waals surface area contributed by atoms with Gasteiger partial charge in [-0.25, -0.2) is 9.78 Å². The fraction of sp³-hybridized carbons (Fsp3) is 0.182. The van der Waals surface area contributed by atoms with Gasteiger partial charge >= 0.3 is 5.97 Å². The minimum atomic E-state index is -0.388. The van der Waals surface area contributed by atoms with Gasteiger partial charge in [-0.15, -0.1) is 0 Å². The Hall–Kier alpha value is -2.17. The lowest BCUT2D eigenvalue weighted by Gasteiger charge is -2.02. The number of esters is 1. The molecule has 0 fully saturated rings. The lowest BCUT2D eigenvalue weighted by Crippen LogP contribution is -2.05. The van der Waals surface area contributed by atoms with Gasteiger partial charge in [0.05, 0.1) is 18.4 Å². The first kappa shape index (κ1) is 10.4. The van der Waals surface area contributed by atoms with Crippen LogP contribution < -0.4 is 0 Å². The Labute approximate surface area is 91.7 Å². The van der Waals surface area contributed by atoms with Crippen LogP contribution in [-0.4, -0.2) is 28.2 Å². The molecule has 0 spiro atoms. The molecule has 0 aliphatic heterocycles. The molecule has 0 unspecified atom stereocenters. The van der Waals surface area contributed by atoms with E-state index < -0.39 is 0 Å². The maximum Gasteiger partial charge on any atom is 0.338 e. The molecule has 2 aromatic rings. The van der Waals surface area contributed by atoms with Gasteiger partial charge in [-0.2, -0.15) is 0 Å². The summed E-state index contributed by atoms with van der Waals surface area (Å²) < 4.78 is 6.47. The van der Waals surface area contributed by atoms with E-state index in [0.29, 0.717) is 29.8 Å². The molecule has 0 saturated carbocycles. The van der Waals surface area contributed by atoms with E-state index in [4.69, 9.17) is 4.74 Å². The first-order valence-corrected chi connectivity index (χ1v) is 4.85. The third kappa shape index (κ3) is 1.67. The molecule has 0 atom stereocenters. The van der Waals surface area contributed by atoms with Crippen molar-refractivity contribution in [3.05, 3.63) is 35.8 Å². The molecule has 5 heteroatoms. The smallest absolute Gasteiger partial charge is 0.338 e. The second-order valence-corrected chi connectivity index (χ2v) is 3.17. The highest BCUT2D eigenvalue weighted by Crippen LogP contribution is 2.09. The van der Waals surface area contributed by atoms with E-state index in [-0.39, 0.29) is 5.97 Å². The normalized spacial score (nSPS) is 10.3. The van der Waals surface area contributed by atoms with Gasteiger partial charge in [0, 0.05) is 6.20 Å². The first-order valence-electron chi connectivity index (χ1n) is 4.85. The van der Waals surface area contributed by atoms with E-state index in [1.54, 1.807) is 29.7 Å². The molecule has 82 valence electrons. The standard InChI is InChI=1S/C11H10N2O3/c1-2-16-11(15)8-3-4-13-9(7-14)6-12-10(13)5-8/h3-7H,2H2,1H3. The first-order chi connectivity index (χ1) is 7.76. The molecule has 0 aromatic carbocycles. The number of hydrogen-bond acceptors (Lipinski definition) is 4. The third-order valence-electron chi connectivity index (χ3n) is 2.17. The number of hydrogen-bond donors (Lipinski definition) is 0. The predicted molar refractivity (Wildman–Crippen MR) is 56.5 cm³/mol. The molecule has 0 bridgehead atoms. The Morgan fingerprint density at radius 1 is 1.62 bits per heavy atom. The molecule has 0 aliphatic rings. The molecule has 0 N–H and O–H groups in total. The quantitative estimate of drug-likeness (QED) is 0.576. The van der Waals surface area contributed by atoms with Crippen LogP contribution in [0.3, 0.4) is 0 Å². The summed E-state index contributed by atoms with van der Waals surface area (Å²) in [7, 11) is 0. The number of carbonyl (C=O) groups is 2. The lowest BCUT2D eigenvalue weighted by atomic mass is 10.2. The van der Waals surface area contributed by atoms with E-state index in [1.807, 2.05) is 0 Å². The molecule has 2 rings (SSSR count). The Morgan fingerprint density at radius 2 is 2.44 bits per heavy atom. The van der Waals surface area contributed by atoms with E-state index in [1.165, 1.54) is 6.20 Å². The summed E-state index contributed by atoms with van der Waals surface area (Å²) >= 11 is 0. The Kier molecular flexibility index (Phi) is 2.68. The molecule has 0 radical (unpaired) electrons. The van der Waals surface area contributed by atoms with Crippen LogP contribution in [0, 0.1) is 0 Å². The average molecular weight is 218 g/mol. The SMILES string of the molecule is CCOC(=O)c1ccn2c(C=O)cnc2c1. The zero-order valence-electron chi connectivity index (χ0n) is 8.71. The minimum absolute atomic E-state index is 0.331. The van der Waals surface area contributed by atoms with E-state index >= 15 is 0 Å². The summed E-state index contributed by atoms with van der Waals surface area (Å²) in [5, 5.41) is 0. The highest BCUT2D eigenvalue weighted by Gasteiger charge is 2.09. The zero-order chi connectivity index (χ0) is 11.5. The number of fused-ring (bicyclic) bond motifs is 1. The summed E-state index contributed by atoms with van der Waals surface area (Å²) in [6.45, 7) is 2.08. The van der Waals surface area contributed by atoms with Crippen molar-refractivity contribution in [2.75, 3.05) is 6.61 Å². The van der Waals surface area contributed by atoms with Crippen molar-refractivity contribution >= 4 is 17.9 Å². The van der Waals surface area contributed by atoms with E-state index in [0.717, 1.165) is 0 Å². The summed E-state index contributed by atoms with van der Waals surface area (Å²) in [4.78, 5) is 26.1. The van der Waals surface area contributed by atoms with Crippen molar-refractivity contribution in [1.82, 2.24) is 9.38 Å². The maximum atomic E-state index is 11.4. The van der Waals surface area contributed by atoms with Gasteiger partial charge in [0.25, 0.3) is 0 Å². The minimum Gasteiger partial charge on any atom is -0.462 e. The van der Waals surface area contributed by atoms with Crippen LogP contribution in [0.1, 0.15) is 27.8 Å². The molecule has 2 heterocycles. The van der Waals surface area contributed by atoms with Crippen molar-refractivity contribution in [1.29, 1.82) is 0 Å². The number of imidazole rings is 1. The van der Waals surface area contributed by atoms with Gasteiger partial charge in [-0.1, -0.05) is 0 Å². The fourth-order valence-electron chi connectivity index (χ4n) is 1.43. The lowest BCUT2D eigenvalue weighted by molar-refractivity contribution is 0.0526. The van der Waals surface area contributed by atoms with Crippen molar-refractivity contribution in [2.24, 2.45) is 0 Å². The van der Waals surface area contributed by atoms with Gasteiger partial charge in [-0.05, 0) is 19.1 Å². The van der Waals surface area contributed by atoms with Crippen LogP contribution >= 0.6 is 0 Å². The van der Waals surface area contributed by atoms with Crippen molar-refractivity contribution in [3.8, 4) is 0 Å². The number of aldehydes is 1. The van der Waals surface area contributed by atoms with E-state index in [2.05, 4.69) is 4.98 Å². The molecular weight excluding hydrogens is 208 g/mol. The highest BCUT2D eigenvalue weighted by atomic mass is 16.5. The molecule has 0 amide bonds. The Morgan fingerprint density at radius 3 is 3.12 bits per heavy atom. The summed E-state index contributed by atoms with van der Waals surface area (Å²) in [5.41, 5.74) is 1.43. The number of ether oxygens (including phenoxy) is 1. The Bertz CT molecular complexity index is 545. The molecule has 2 aromatic heterocycles. The Balaban J connectivity index is 2.45. The second kappa shape index (κ2) is 4.14. The second-order valence-electron chi connectivity index (χ2n) is 3.17. The topological polar surface area (TPSA) is 60.7 Å². The van der Waals surface area contributed by atoms with Gasteiger partial charge in [-0.3, -0.25) is 9.20 Å². The summed E-state index contributed by atoms with van der Waals surface area (Å²) in [5.74, 6) is -0.388. The van der Waals surface area contributed by atoms with Crippen LogP contribution in [0.5, 0.6) is 0 Å². The maximum absolute atomic E-state index is 11.4. The number of pyridine rings is 1. The van der Waals surface area contributed by atoms with Crippen LogP contribution in [0.2, 0.25) is 0 Å². The van der Waals surface area contributed by atoms with Crippen molar-refractivity contribution < 1.29 is 14.3 Å². The molecule has 5 nitrogen and oxygen atoms in total. The van der Waals surface area contributed by atoms with Crippen LogP contribution in [0.4, 0.5) is 0 Å². The monoisotopic (exact) mass is 218 g/mol. The molecule has 0 aliphatic carbocycles. The number of carbonyl (C=O) groups excluding carboxylic acids is 2. The van der Waals surface area contributed by atoms with Gasteiger partial charge in [0.15, 0.2) is 6.29 Å². The summed E-state index contributed by atoms with van der Waals surface area (Å²) in [6.07, 6.45) is 3.79. The zero-order valence-corrected chi connectivity index (χ0v) is 8.71. The van der Waals surface area contributed by atoms with Crippen LogP contribution in [0.25, 0.3) is 5.65 Å². The molecule has 0 saturated heterocycles. The molecule has 16 heavy (non-hydrogen) atoms. The predicted octanol–water partition coefficient (Wildman–Crippen LogP) is 1.32. The number of nitrogens with zero attached hydrogens (tertiary/aromatic N) is 2. The van der Waals surface area contributed by atoms with Gasteiger partial charge < -0.3 is 4.74 Å².